The number of aryl methyl sites for hydroxylation is 1. The van der Waals surface area contributed by atoms with Gasteiger partial charge in [0.05, 0.1) is 12.0 Å². The van der Waals surface area contributed by atoms with Crippen LogP contribution in [0.5, 0.6) is 0 Å². The lowest BCUT2D eigenvalue weighted by Crippen LogP contribution is -2.18. The van der Waals surface area contributed by atoms with E-state index in [2.05, 4.69) is 64.2 Å². The van der Waals surface area contributed by atoms with Gasteiger partial charge < -0.3 is 15.0 Å². The van der Waals surface area contributed by atoms with Gasteiger partial charge in [0.15, 0.2) is 0 Å². The first kappa shape index (κ1) is 17.2. The monoisotopic (exact) mass is 358 g/mol. The minimum atomic E-state index is 0.0479. The van der Waals surface area contributed by atoms with E-state index >= 15 is 0 Å². The minimum absolute atomic E-state index is 0.0479. The first-order chi connectivity index (χ1) is 13.2. The summed E-state index contributed by atoms with van der Waals surface area (Å²) >= 11 is 0. The molecule has 4 aromatic rings. The predicted octanol–water partition coefficient (Wildman–Crippen LogP) is 4.06. The highest BCUT2D eigenvalue weighted by molar-refractivity contribution is 5.91. The van der Waals surface area contributed by atoms with Gasteiger partial charge in [-0.2, -0.15) is 0 Å². The zero-order chi connectivity index (χ0) is 18.8. The summed E-state index contributed by atoms with van der Waals surface area (Å²) in [6.45, 7) is 2.96. The Morgan fingerprint density at radius 2 is 1.81 bits per heavy atom. The highest BCUT2D eigenvalue weighted by Gasteiger charge is 2.13. The second-order valence-electron chi connectivity index (χ2n) is 6.78. The number of hydrogen-bond donors (Lipinski definition) is 2. The highest BCUT2D eigenvalue weighted by atomic mass is 16.3. The van der Waals surface area contributed by atoms with Crippen LogP contribution in [0, 0.1) is 6.92 Å². The summed E-state index contributed by atoms with van der Waals surface area (Å²) in [5.41, 5.74) is 6.31. The van der Waals surface area contributed by atoms with E-state index in [4.69, 9.17) is 0 Å². The van der Waals surface area contributed by atoms with Crippen LogP contribution in [0.3, 0.4) is 0 Å². The Morgan fingerprint density at radius 1 is 1.04 bits per heavy atom. The van der Waals surface area contributed by atoms with Crippen molar-refractivity contribution < 1.29 is 5.11 Å². The molecule has 5 heteroatoms. The molecule has 0 fully saturated rings. The number of aliphatic hydroxyl groups is 1. The van der Waals surface area contributed by atoms with E-state index in [1.807, 2.05) is 24.3 Å². The summed E-state index contributed by atoms with van der Waals surface area (Å²) in [6.07, 6.45) is 1.60. The van der Waals surface area contributed by atoms with Gasteiger partial charge in [0.2, 0.25) is 0 Å². The fourth-order valence-electron chi connectivity index (χ4n) is 3.29. The van der Waals surface area contributed by atoms with E-state index in [1.165, 1.54) is 11.1 Å². The number of nitrogens with zero attached hydrogens (tertiary/aromatic N) is 3. The lowest BCUT2D eigenvalue weighted by molar-refractivity contribution is 0.282. The zero-order valence-corrected chi connectivity index (χ0v) is 15.5. The number of aromatic nitrogens is 3. The molecule has 0 saturated heterocycles. The summed E-state index contributed by atoms with van der Waals surface area (Å²) in [4.78, 5) is 14.5. The molecule has 2 heterocycles. The van der Waals surface area contributed by atoms with Gasteiger partial charge in [-0.05, 0) is 35.2 Å². The van der Waals surface area contributed by atoms with Crippen molar-refractivity contribution in [3.8, 4) is 11.3 Å². The molecular formula is C22H22N4O. The Labute approximate surface area is 158 Å². The smallest absolute Gasteiger partial charge is 0.143 e. The van der Waals surface area contributed by atoms with Crippen molar-refractivity contribution in [2.24, 2.45) is 0 Å². The van der Waals surface area contributed by atoms with Gasteiger partial charge in [0.25, 0.3) is 0 Å². The van der Waals surface area contributed by atoms with E-state index in [9.17, 15) is 5.11 Å². The first-order valence-electron chi connectivity index (χ1n) is 8.95. The third-order valence-electron chi connectivity index (χ3n) is 4.88. The van der Waals surface area contributed by atoms with Crippen molar-refractivity contribution in [1.29, 1.82) is 0 Å². The number of fused-ring (bicyclic) bond motifs is 1. The molecule has 0 aliphatic heterocycles. The van der Waals surface area contributed by atoms with E-state index < -0.39 is 0 Å². The first-order valence-corrected chi connectivity index (χ1v) is 8.95. The maximum Gasteiger partial charge on any atom is 0.143 e. The van der Waals surface area contributed by atoms with Crippen LogP contribution in [0.1, 0.15) is 16.7 Å². The maximum absolute atomic E-state index is 9.22. The van der Waals surface area contributed by atoms with Crippen LogP contribution in [0.15, 0.2) is 60.9 Å². The van der Waals surface area contributed by atoms with Crippen molar-refractivity contribution in [3.63, 3.8) is 0 Å². The molecule has 0 bridgehead atoms. The van der Waals surface area contributed by atoms with Crippen molar-refractivity contribution in [1.82, 2.24) is 15.0 Å². The highest BCUT2D eigenvalue weighted by Crippen LogP contribution is 2.29. The lowest BCUT2D eigenvalue weighted by atomic mass is 10.1. The average Bonchev–Trinajstić information content (AvgIpc) is 3.14. The quantitative estimate of drug-likeness (QED) is 0.565. The molecule has 0 aliphatic carbocycles. The van der Waals surface area contributed by atoms with Crippen molar-refractivity contribution >= 4 is 16.9 Å². The number of H-pyrrole nitrogens is 1. The third kappa shape index (κ3) is 3.41. The van der Waals surface area contributed by atoms with E-state index in [-0.39, 0.29) is 6.61 Å². The Hall–Kier alpha value is -3.18. The summed E-state index contributed by atoms with van der Waals surface area (Å²) in [7, 11) is 2.05. The van der Waals surface area contributed by atoms with Gasteiger partial charge >= 0.3 is 0 Å². The molecule has 2 aromatic heterocycles. The summed E-state index contributed by atoms with van der Waals surface area (Å²) in [5.74, 6) is 0.901. The Morgan fingerprint density at radius 3 is 2.56 bits per heavy atom. The second-order valence-corrected chi connectivity index (χ2v) is 6.78. The normalized spacial score (nSPS) is 11.1. The molecule has 5 nitrogen and oxygen atoms in total. The number of hydrogen-bond acceptors (Lipinski definition) is 4. The molecule has 0 radical (unpaired) electrons. The molecule has 0 amide bonds. The van der Waals surface area contributed by atoms with E-state index in [0.717, 1.165) is 40.2 Å². The van der Waals surface area contributed by atoms with Crippen molar-refractivity contribution in [2.75, 3.05) is 11.9 Å². The van der Waals surface area contributed by atoms with Crippen molar-refractivity contribution in [2.45, 2.75) is 20.1 Å². The van der Waals surface area contributed by atoms with Crippen molar-refractivity contribution in [3.05, 3.63) is 77.6 Å². The van der Waals surface area contributed by atoms with E-state index in [0.29, 0.717) is 0 Å². The molecule has 136 valence electrons. The van der Waals surface area contributed by atoms with E-state index in [1.54, 1.807) is 6.33 Å². The molecule has 0 saturated carbocycles. The van der Waals surface area contributed by atoms with Crippen LogP contribution < -0.4 is 4.90 Å². The van der Waals surface area contributed by atoms with Crippen LogP contribution >= 0.6 is 0 Å². The fraction of sp³-hybridized carbons (Fsp3) is 0.182. The molecule has 4 rings (SSSR count). The van der Waals surface area contributed by atoms with Gasteiger partial charge in [0.1, 0.15) is 17.8 Å². The number of benzene rings is 2. The van der Waals surface area contributed by atoms with Crippen LogP contribution in [0.4, 0.5) is 5.82 Å². The van der Waals surface area contributed by atoms with Gasteiger partial charge in [-0.1, -0.05) is 48.5 Å². The van der Waals surface area contributed by atoms with Crippen LogP contribution in [-0.2, 0) is 13.2 Å². The molecule has 0 aliphatic rings. The zero-order valence-electron chi connectivity index (χ0n) is 15.5. The van der Waals surface area contributed by atoms with Crippen LogP contribution in [0.25, 0.3) is 22.3 Å². The Balaban J connectivity index is 1.69. The molecule has 0 spiro atoms. The number of rotatable bonds is 5. The van der Waals surface area contributed by atoms with Crippen LogP contribution in [-0.4, -0.2) is 27.1 Å². The van der Waals surface area contributed by atoms with Gasteiger partial charge in [0, 0.05) is 19.3 Å². The van der Waals surface area contributed by atoms with Gasteiger partial charge in [-0.15, -0.1) is 0 Å². The topological polar surface area (TPSA) is 65.0 Å². The third-order valence-corrected chi connectivity index (χ3v) is 4.88. The summed E-state index contributed by atoms with van der Waals surface area (Å²) in [5, 5.41) is 10.2. The molecule has 2 N–H and O–H groups in total. The number of nitrogens with one attached hydrogen (secondary N) is 1. The molecule has 0 unspecified atom stereocenters. The van der Waals surface area contributed by atoms with Gasteiger partial charge in [-0.25, -0.2) is 9.97 Å². The predicted molar refractivity (Wildman–Crippen MR) is 109 cm³/mol. The minimum Gasteiger partial charge on any atom is -0.392 e. The Bertz CT molecular complexity index is 1070. The molecular weight excluding hydrogens is 336 g/mol. The summed E-state index contributed by atoms with van der Waals surface area (Å²) in [6, 6.07) is 18.3. The summed E-state index contributed by atoms with van der Waals surface area (Å²) < 4.78 is 0. The second kappa shape index (κ2) is 7.21. The number of anilines is 1. The SMILES string of the molecule is Cc1ccccc1CN(C)c1ncnc2[nH]c(-c3ccc(CO)cc3)cc12. The largest absolute Gasteiger partial charge is 0.392 e. The molecule has 27 heavy (non-hydrogen) atoms. The molecule has 0 atom stereocenters. The molecule has 2 aromatic carbocycles. The maximum atomic E-state index is 9.22. The van der Waals surface area contributed by atoms with Gasteiger partial charge in [-0.3, -0.25) is 0 Å². The average molecular weight is 358 g/mol. The van der Waals surface area contributed by atoms with Crippen LogP contribution in [0.2, 0.25) is 0 Å². The fourth-order valence-corrected chi connectivity index (χ4v) is 3.29. The number of aromatic amines is 1. The Kier molecular flexibility index (Phi) is 4.60. The lowest BCUT2D eigenvalue weighted by Gasteiger charge is -2.19. The standard InChI is InChI=1S/C22H22N4O/c1-15-5-3-4-6-18(15)12-26(2)22-19-11-20(25-21(19)23-14-24-22)17-9-7-16(13-27)8-10-17/h3-11,14,27H,12-13H2,1-2H3,(H,23,24,25). The number of aliphatic hydroxyl groups excluding tert-OH is 1.